The number of ketones is 1. The zero-order chi connectivity index (χ0) is 24.1. The molecule has 8 heteroatoms. The molecule has 7 nitrogen and oxygen atoms in total. The van der Waals surface area contributed by atoms with E-state index in [4.69, 9.17) is 14.2 Å². The van der Waals surface area contributed by atoms with Crippen LogP contribution in [0.2, 0.25) is 0 Å². The molecule has 2 aromatic carbocycles. The summed E-state index contributed by atoms with van der Waals surface area (Å²) in [5, 5.41) is 13.0. The average molecular weight is 480 g/mol. The molecule has 0 spiro atoms. The summed E-state index contributed by atoms with van der Waals surface area (Å²) >= 11 is 1.42. The van der Waals surface area contributed by atoms with Crippen molar-refractivity contribution in [2.24, 2.45) is 0 Å². The molecular formula is C26H25NO6S. The van der Waals surface area contributed by atoms with Gasteiger partial charge in [0.05, 0.1) is 31.9 Å². The molecule has 0 aliphatic carbocycles. The molecule has 1 saturated heterocycles. The molecule has 1 N–H and O–H groups in total. The Labute approximate surface area is 201 Å². The van der Waals surface area contributed by atoms with Crippen molar-refractivity contribution in [1.82, 2.24) is 4.90 Å². The second kappa shape index (κ2) is 10.4. The van der Waals surface area contributed by atoms with E-state index in [1.54, 1.807) is 55.6 Å². The van der Waals surface area contributed by atoms with E-state index in [1.165, 1.54) is 16.2 Å². The number of hydrogen-bond acceptors (Lipinski definition) is 7. The van der Waals surface area contributed by atoms with E-state index >= 15 is 0 Å². The minimum Gasteiger partial charge on any atom is -0.507 e. The molecule has 1 aromatic heterocycles. The van der Waals surface area contributed by atoms with Gasteiger partial charge in [0.25, 0.3) is 11.7 Å². The molecule has 3 aromatic rings. The molecule has 176 valence electrons. The van der Waals surface area contributed by atoms with E-state index in [1.807, 2.05) is 24.4 Å². The topological polar surface area (TPSA) is 85.3 Å². The van der Waals surface area contributed by atoms with Crippen LogP contribution in [0.25, 0.3) is 5.76 Å². The second-order valence-corrected chi connectivity index (χ2v) is 8.47. The van der Waals surface area contributed by atoms with Crippen molar-refractivity contribution in [2.75, 3.05) is 26.9 Å². The van der Waals surface area contributed by atoms with Crippen LogP contribution in [-0.4, -0.2) is 48.6 Å². The Morgan fingerprint density at radius 2 is 1.76 bits per heavy atom. The number of ether oxygens (including phenoxy) is 3. The number of carbonyl (C=O) groups excluding carboxylic acids is 2. The Balaban J connectivity index is 1.62. The van der Waals surface area contributed by atoms with Crippen LogP contribution in [0, 0.1) is 0 Å². The van der Waals surface area contributed by atoms with Gasteiger partial charge in [-0.3, -0.25) is 9.59 Å². The fraction of sp³-hybridized carbons (Fsp3) is 0.231. The van der Waals surface area contributed by atoms with E-state index in [0.29, 0.717) is 29.4 Å². The van der Waals surface area contributed by atoms with E-state index in [2.05, 4.69) is 0 Å². The summed E-state index contributed by atoms with van der Waals surface area (Å²) in [6, 6.07) is 17.0. The fourth-order valence-electron chi connectivity index (χ4n) is 3.84. The number of methoxy groups -OCH3 is 1. The smallest absolute Gasteiger partial charge is 0.295 e. The zero-order valence-electron chi connectivity index (χ0n) is 18.9. The molecule has 1 aliphatic heterocycles. The van der Waals surface area contributed by atoms with Crippen LogP contribution in [0.1, 0.15) is 23.4 Å². The Kier molecular flexibility index (Phi) is 7.18. The van der Waals surface area contributed by atoms with Gasteiger partial charge in [-0.05, 0) is 54.8 Å². The highest BCUT2D eigenvalue weighted by Crippen LogP contribution is 2.41. The zero-order valence-corrected chi connectivity index (χ0v) is 19.7. The second-order valence-electron chi connectivity index (χ2n) is 7.49. The maximum absolute atomic E-state index is 13.1. The number of benzene rings is 2. The van der Waals surface area contributed by atoms with Gasteiger partial charge >= 0.3 is 0 Å². The number of nitrogens with zero attached hydrogens (tertiary/aromatic N) is 1. The van der Waals surface area contributed by atoms with Gasteiger partial charge < -0.3 is 24.2 Å². The fourth-order valence-corrected chi connectivity index (χ4v) is 4.69. The largest absolute Gasteiger partial charge is 0.507 e. The first-order chi connectivity index (χ1) is 16.5. The van der Waals surface area contributed by atoms with Crippen molar-refractivity contribution in [3.8, 4) is 17.2 Å². The number of amides is 1. The maximum Gasteiger partial charge on any atom is 0.295 e. The summed E-state index contributed by atoms with van der Waals surface area (Å²) in [4.78, 5) is 28.3. The van der Waals surface area contributed by atoms with Crippen LogP contribution < -0.4 is 14.2 Å². The number of likely N-dealkylation sites (tertiary alicyclic amines) is 1. The number of rotatable bonds is 9. The third-order valence-corrected chi connectivity index (χ3v) is 6.36. The first kappa shape index (κ1) is 23.4. The Bertz CT molecular complexity index is 1190. The molecule has 0 radical (unpaired) electrons. The van der Waals surface area contributed by atoms with Crippen LogP contribution in [-0.2, 0) is 9.59 Å². The Morgan fingerprint density at radius 3 is 2.44 bits per heavy atom. The third kappa shape index (κ3) is 4.77. The third-order valence-electron chi connectivity index (χ3n) is 5.43. The van der Waals surface area contributed by atoms with Crippen LogP contribution in [0.15, 0.2) is 71.6 Å². The SMILES string of the molecule is CCOc1cccc(/C(O)=C2/C(=O)C(=O)N(CCOc3ccc(OC)cc3)C2c2cccs2)c1. The summed E-state index contributed by atoms with van der Waals surface area (Å²) in [5.74, 6) is 0.293. The van der Waals surface area contributed by atoms with E-state index in [0.717, 1.165) is 4.88 Å². The van der Waals surface area contributed by atoms with Crippen molar-refractivity contribution >= 4 is 28.8 Å². The quantitative estimate of drug-likeness (QED) is 0.273. The minimum absolute atomic E-state index is 0.0607. The molecule has 1 amide bonds. The predicted octanol–water partition coefficient (Wildman–Crippen LogP) is 4.66. The van der Waals surface area contributed by atoms with E-state index in [-0.39, 0.29) is 24.5 Å². The van der Waals surface area contributed by atoms with Crippen molar-refractivity contribution in [3.63, 3.8) is 0 Å². The summed E-state index contributed by atoms with van der Waals surface area (Å²) in [6.07, 6.45) is 0. The van der Waals surface area contributed by atoms with Crippen LogP contribution >= 0.6 is 11.3 Å². The van der Waals surface area contributed by atoms with Crippen molar-refractivity contribution in [2.45, 2.75) is 13.0 Å². The van der Waals surface area contributed by atoms with Crippen LogP contribution in [0.5, 0.6) is 17.2 Å². The first-order valence-corrected chi connectivity index (χ1v) is 11.7. The van der Waals surface area contributed by atoms with Crippen LogP contribution in [0.4, 0.5) is 0 Å². The summed E-state index contributed by atoms with van der Waals surface area (Å²) in [7, 11) is 1.59. The standard InChI is InChI=1S/C26H25NO6S/c1-3-32-20-7-4-6-17(16-20)24(28)22-23(21-8-5-15-34-21)27(26(30)25(22)29)13-14-33-19-11-9-18(31-2)10-12-19/h4-12,15-16,23,28H,3,13-14H2,1-2H3/b24-22-. The Hall–Kier alpha value is -3.78. The molecule has 1 aliphatic rings. The van der Waals surface area contributed by atoms with Gasteiger partial charge in [0.15, 0.2) is 0 Å². The van der Waals surface area contributed by atoms with Gasteiger partial charge in [-0.15, -0.1) is 11.3 Å². The van der Waals surface area contributed by atoms with E-state index in [9.17, 15) is 14.7 Å². The van der Waals surface area contributed by atoms with Crippen molar-refractivity contribution in [1.29, 1.82) is 0 Å². The summed E-state index contributed by atoms with van der Waals surface area (Å²) in [5.41, 5.74) is 0.477. The number of hydrogen-bond donors (Lipinski definition) is 1. The minimum atomic E-state index is -0.720. The maximum atomic E-state index is 13.1. The van der Waals surface area contributed by atoms with Gasteiger partial charge in [0.1, 0.15) is 29.6 Å². The number of Topliss-reactive ketones (excluding diaryl/α,β-unsaturated/α-hetero) is 1. The molecule has 1 fully saturated rings. The lowest BCUT2D eigenvalue weighted by Crippen LogP contribution is -2.33. The van der Waals surface area contributed by atoms with Crippen molar-refractivity contribution < 1.29 is 28.9 Å². The van der Waals surface area contributed by atoms with Gasteiger partial charge in [-0.1, -0.05) is 18.2 Å². The van der Waals surface area contributed by atoms with Gasteiger partial charge in [-0.2, -0.15) is 0 Å². The van der Waals surface area contributed by atoms with Crippen molar-refractivity contribution in [3.05, 3.63) is 82.1 Å². The highest BCUT2D eigenvalue weighted by molar-refractivity contribution is 7.10. The molecular weight excluding hydrogens is 454 g/mol. The first-order valence-electron chi connectivity index (χ1n) is 10.9. The number of thiophene rings is 1. The number of aliphatic hydroxyl groups is 1. The molecule has 1 unspecified atom stereocenters. The molecule has 2 heterocycles. The highest BCUT2D eigenvalue weighted by Gasteiger charge is 2.46. The number of carbonyl (C=O) groups is 2. The highest BCUT2D eigenvalue weighted by atomic mass is 32.1. The summed E-state index contributed by atoms with van der Waals surface area (Å²) in [6.45, 7) is 2.69. The monoisotopic (exact) mass is 479 g/mol. The van der Waals surface area contributed by atoms with Gasteiger partial charge in [-0.25, -0.2) is 0 Å². The normalized spacial score (nSPS) is 17.1. The van der Waals surface area contributed by atoms with Crippen LogP contribution in [0.3, 0.4) is 0 Å². The van der Waals surface area contributed by atoms with Gasteiger partial charge in [0, 0.05) is 10.4 Å². The Morgan fingerprint density at radius 1 is 1.00 bits per heavy atom. The molecule has 0 saturated carbocycles. The van der Waals surface area contributed by atoms with E-state index < -0.39 is 17.7 Å². The predicted molar refractivity (Wildman–Crippen MR) is 129 cm³/mol. The molecule has 4 rings (SSSR count). The summed E-state index contributed by atoms with van der Waals surface area (Å²) < 4.78 is 16.5. The lowest BCUT2D eigenvalue weighted by atomic mass is 10.00. The molecule has 0 bridgehead atoms. The molecule has 1 atom stereocenters. The lowest BCUT2D eigenvalue weighted by molar-refractivity contribution is -0.140. The molecule has 34 heavy (non-hydrogen) atoms. The van der Waals surface area contributed by atoms with Gasteiger partial charge in [0.2, 0.25) is 0 Å². The number of aliphatic hydroxyl groups excluding tert-OH is 1. The lowest BCUT2D eigenvalue weighted by Gasteiger charge is -2.24. The average Bonchev–Trinajstić information content (AvgIpc) is 3.47.